The minimum atomic E-state index is -1.40. The smallest absolute Gasteiger partial charge is 0.228 e. The Morgan fingerprint density at radius 2 is 1.77 bits per heavy atom. The highest BCUT2D eigenvalue weighted by Crippen LogP contribution is 2.42. The first-order chi connectivity index (χ1) is 14.4. The number of carbonyl (C=O) groups is 1. The summed E-state index contributed by atoms with van der Waals surface area (Å²) in [4.78, 5) is 12.5. The molecule has 160 valence electrons. The number of fused-ring (bicyclic) bond motifs is 1. The summed E-state index contributed by atoms with van der Waals surface area (Å²) < 4.78 is 21.8. The fourth-order valence-corrected chi connectivity index (χ4v) is 3.50. The Hall–Kier alpha value is -2.85. The van der Waals surface area contributed by atoms with E-state index in [4.69, 9.17) is 18.9 Å². The highest BCUT2D eigenvalue weighted by atomic mass is 16.7. The number of Topliss-reactive ketones (excluding diaryl/α,β-unsaturated/α-hetero) is 1. The van der Waals surface area contributed by atoms with E-state index in [9.17, 15) is 25.2 Å². The number of hydrogen-bond acceptors (Lipinski definition) is 9. The average molecular weight is 418 g/mol. The molecule has 1 unspecified atom stereocenters. The number of methoxy groups -OCH3 is 1. The van der Waals surface area contributed by atoms with E-state index >= 15 is 0 Å². The van der Waals surface area contributed by atoms with Crippen LogP contribution in [0.1, 0.15) is 28.4 Å². The predicted octanol–water partition coefficient (Wildman–Crippen LogP) is 0.925. The lowest BCUT2D eigenvalue weighted by Gasteiger charge is -2.35. The molecule has 4 rings (SSSR count). The van der Waals surface area contributed by atoms with Crippen molar-refractivity contribution in [1.82, 2.24) is 0 Å². The van der Waals surface area contributed by atoms with Gasteiger partial charge < -0.3 is 39.4 Å². The Morgan fingerprint density at radius 3 is 2.47 bits per heavy atom. The van der Waals surface area contributed by atoms with Gasteiger partial charge in [-0.05, 0) is 17.7 Å². The molecule has 2 aromatic rings. The van der Waals surface area contributed by atoms with Crippen molar-refractivity contribution in [1.29, 1.82) is 0 Å². The standard InChI is InChI=1S/C21H22O9/c1-27-12-6-13(22)18-14(23)8-16(30-17(18)7-12)10-2-4-11(5-3-10)29-21-20(26)19(25)15(24)9-28-21/h2-7,15-16,19-22,24-26H,8-9H2,1H3/t15-,16?,19+,20-,21+/m1/s1. The van der Waals surface area contributed by atoms with E-state index in [1.165, 1.54) is 13.2 Å². The van der Waals surface area contributed by atoms with Crippen LogP contribution in [-0.4, -0.2) is 64.5 Å². The van der Waals surface area contributed by atoms with Crippen LogP contribution in [-0.2, 0) is 4.74 Å². The topological polar surface area (TPSA) is 135 Å². The molecule has 0 amide bonds. The molecule has 1 saturated heterocycles. The number of aromatic hydroxyl groups is 1. The number of phenolic OH excluding ortho intramolecular Hbond substituents is 1. The van der Waals surface area contributed by atoms with Crippen molar-refractivity contribution >= 4 is 5.78 Å². The fraction of sp³-hybridized carbons (Fsp3) is 0.381. The maximum absolute atomic E-state index is 12.5. The Morgan fingerprint density at radius 1 is 1.03 bits per heavy atom. The van der Waals surface area contributed by atoms with Crippen LogP contribution >= 0.6 is 0 Å². The first kappa shape index (κ1) is 20.4. The number of ether oxygens (including phenoxy) is 4. The molecule has 0 aliphatic carbocycles. The first-order valence-corrected chi connectivity index (χ1v) is 9.40. The Labute approximate surface area is 172 Å². The number of rotatable bonds is 4. The number of aliphatic hydroxyl groups excluding tert-OH is 3. The summed E-state index contributed by atoms with van der Waals surface area (Å²) in [6.45, 7) is -0.158. The molecule has 0 aromatic heterocycles. The molecule has 4 N–H and O–H groups in total. The van der Waals surface area contributed by atoms with Gasteiger partial charge in [-0.1, -0.05) is 12.1 Å². The third kappa shape index (κ3) is 3.80. The van der Waals surface area contributed by atoms with Crippen molar-refractivity contribution in [2.24, 2.45) is 0 Å². The lowest BCUT2D eigenvalue weighted by atomic mass is 9.95. The van der Waals surface area contributed by atoms with Crippen molar-refractivity contribution in [3.05, 3.63) is 47.5 Å². The van der Waals surface area contributed by atoms with Crippen LogP contribution in [0.3, 0.4) is 0 Å². The zero-order valence-electron chi connectivity index (χ0n) is 16.1. The van der Waals surface area contributed by atoms with Gasteiger partial charge in [-0.2, -0.15) is 0 Å². The lowest BCUT2D eigenvalue weighted by Crippen LogP contribution is -2.54. The van der Waals surface area contributed by atoms with E-state index in [1.807, 2.05) is 0 Å². The molecule has 2 aliphatic heterocycles. The summed E-state index contributed by atoms with van der Waals surface area (Å²) in [5.41, 5.74) is 0.848. The van der Waals surface area contributed by atoms with E-state index in [0.717, 1.165) is 0 Å². The number of phenols is 1. The summed E-state index contributed by atoms with van der Waals surface area (Å²) in [6.07, 6.45) is -5.56. The van der Waals surface area contributed by atoms with Crippen LogP contribution in [0.5, 0.6) is 23.0 Å². The van der Waals surface area contributed by atoms with E-state index < -0.39 is 30.7 Å². The summed E-state index contributed by atoms with van der Waals surface area (Å²) in [6, 6.07) is 9.57. The molecule has 9 nitrogen and oxygen atoms in total. The summed E-state index contributed by atoms with van der Waals surface area (Å²) in [5.74, 6) is 0.567. The molecule has 2 heterocycles. The number of aliphatic hydroxyl groups is 3. The maximum Gasteiger partial charge on any atom is 0.228 e. The van der Waals surface area contributed by atoms with Gasteiger partial charge in [0.05, 0.1) is 20.1 Å². The molecule has 0 bridgehead atoms. The third-order valence-electron chi connectivity index (χ3n) is 5.17. The highest BCUT2D eigenvalue weighted by Gasteiger charge is 2.39. The number of ketones is 1. The molecule has 5 atom stereocenters. The number of hydrogen-bond donors (Lipinski definition) is 4. The van der Waals surface area contributed by atoms with Gasteiger partial charge in [-0.25, -0.2) is 0 Å². The van der Waals surface area contributed by atoms with Gasteiger partial charge in [0.1, 0.15) is 53.0 Å². The molecule has 9 heteroatoms. The van der Waals surface area contributed by atoms with Crippen LogP contribution in [0.15, 0.2) is 36.4 Å². The van der Waals surface area contributed by atoms with Crippen LogP contribution in [0.4, 0.5) is 0 Å². The van der Waals surface area contributed by atoms with Crippen molar-refractivity contribution < 1.29 is 44.2 Å². The van der Waals surface area contributed by atoms with Crippen LogP contribution in [0.2, 0.25) is 0 Å². The molecule has 0 radical (unpaired) electrons. The average Bonchev–Trinajstić information content (AvgIpc) is 2.74. The Bertz CT molecular complexity index is 927. The molecular formula is C21H22O9. The van der Waals surface area contributed by atoms with Crippen LogP contribution in [0, 0.1) is 0 Å². The van der Waals surface area contributed by atoms with E-state index in [-0.39, 0.29) is 35.9 Å². The summed E-state index contributed by atoms with van der Waals surface area (Å²) in [7, 11) is 1.45. The van der Waals surface area contributed by atoms with Gasteiger partial charge in [-0.3, -0.25) is 4.79 Å². The molecule has 30 heavy (non-hydrogen) atoms. The second kappa shape index (κ2) is 8.11. The molecular weight excluding hydrogens is 396 g/mol. The number of benzene rings is 2. The van der Waals surface area contributed by atoms with E-state index in [2.05, 4.69) is 0 Å². The van der Waals surface area contributed by atoms with Gasteiger partial charge in [0.25, 0.3) is 0 Å². The quantitative estimate of drug-likeness (QED) is 0.572. The number of carbonyl (C=O) groups excluding carboxylic acids is 1. The first-order valence-electron chi connectivity index (χ1n) is 9.40. The van der Waals surface area contributed by atoms with Crippen LogP contribution in [0.25, 0.3) is 0 Å². The molecule has 1 fully saturated rings. The Kier molecular flexibility index (Phi) is 5.52. The largest absolute Gasteiger partial charge is 0.507 e. The van der Waals surface area contributed by atoms with Gasteiger partial charge in [0.15, 0.2) is 5.78 Å². The van der Waals surface area contributed by atoms with Crippen molar-refractivity contribution in [2.75, 3.05) is 13.7 Å². The van der Waals surface area contributed by atoms with Crippen molar-refractivity contribution in [2.45, 2.75) is 37.1 Å². The molecule has 0 saturated carbocycles. The zero-order chi connectivity index (χ0) is 21.4. The normalized spacial score (nSPS) is 28.4. The van der Waals surface area contributed by atoms with Gasteiger partial charge in [0.2, 0.25) is 6.29 Å². The summed E-state index contributed by atoms with van der Waals surface area (Å²) in [5, 5.41) is 39.3. The summed E-state index contributed by atoms with van der Waals surface area (Å²) >= 11 is 0. The minimum Gasteiger partial charge on any atom is -0.507 e. The highest BCUT2D eigenvalue weighted by molar-refractivity contribution is 6.02. The van der Waals surface area contributed by atoms with Crippen LogP contribution < -0.4 is 14.2 Å². The molecule has 2 aliphatic rings. The second-order valence-corrected chi connectivity index (χ2v) is 7.19. The Balaban J connectivity index is 1.48. The van der Waals surface area contributed by atoms with Crippen molar-refractivity contribution in [3.8, 4) is 23.0 Å². The van der Waals surface area contributed by atoms with Gasteiger partial charge >= 0.3 is 0 Å². The van der Waals surface area contributed by atoms with Gasteiger partial charge in [0, 0.05) is 12.1 Å². The van der Waals surface area contributed by atoms with Gasteiger partial charge in [-0.15, -0.1) is 0 Å². The fourth-order valence-electron chi connectivity index (χ4n) is 3.50. The zero-order valence-corrected chi connectivity index (χ0v) is 16.1. The predicted molar refractivity (Wildman–Crippen MR) is 102 cm³/mol. The minimum absolute atomic E-state index is 0.0572. The monoisotopic (exact) mass is 418 g/mol. The lowest BCUT2D eigenvalue weighted by molar-refractivity contribution is -0.242. The molecule has 2 aromatic carbocycles. The third-order valence-corrected chi connectivity index (χ3v) is 5.17. The maximum atomic E-state index is 12.5. The van der Waals surface area contributed by atoms with Crippen molar-refractivity contribution in [3.63, 3.8) is 0 Å². The van der Waals surface area contributed by atoms with E-state index in [0.29, 0.717) is 17.1 Å². The second-order valence-electron chi connectivity index (χ2n) is 7.19. The van der Waals surface area contributed by atoms with E-state index in [1.54, 1.807) is 30.3 Å². The SMILES string of the molecule is COc1cc(O)c2c(c1)OC(c1ccc(O[C@@H]3OC[C@@H](O)[C@H](O)[C@H]3O)cc1)CC2=O. The molecule has 0 spiro atoms.